The van der Waals surface area contributed by atoms with E-state index >= 15 is 0 Å². The minimum Gasteiger partial charge on any atom is -0.486 e. The number of fused-ring (bicyclic) bond motifs is 1. The van der Waals surface area contributed by atoms with E-state index in [1.54, 1.807) is 12.4 Å². The van der Waals surface area contributed by atoms with Crippen LogP contribution in [0.15, 0.2) is 48.9 Å². The molecule has 1 amide bonds. The van der Waals surface area contributed by atoms with Crippen molar-refractivity contribution in [2.75, 3.05) is 37.7 Å². The van der Waals surface area contributed by atoms with Crippen LogP contribution >= 0.6 is 23.2 Å². The molecule has 10 nitrogen and oxygen atoms in total. The molecule has 6 rings (SSSR count). The van der Waals surface area contributed by atoms with Gasteiger partial charge in [-0.15, -0.1) is 0 Å². The standard InChI is InChI=1S/C29H30Cl2N6O4/c1-18(27-22(30)16-32-17-23(27)31)41-20-6-7-24-21(14-20)28(34-37(24)26-4-2-3-13-40-26)19-5-8-25(33-15-19)35-9-11-36(12-10-35)29(38)39/h5-8,14-18,26H,2-4,9-13H2,1H3,(H,38,39). The maximum atomic E-state index is 11.3. The lowest BCUT2D eigenvalue weighted by atomic mass is 10.1. The van der Waals surface area contributed by atoms with Crippen molar-refractivity contribution >= 4 is 46.0 Å². The second kappa shape index (κ2) is 11.7. The van der Waals surface area contributed by atoms with Crippen LogP contribution < -0.4 is 9.64 Å². The predicted molar refractivity (Wildman–Crippen MR) is 157 cm³/mol. The molecule has 3 aromatic heterocycles. The van der Waals surface area contributed by atoms with Gasteiger partial charge in [-0.2, -0.15) is 5.10 Å². The van der Waals surface area contributed by atoms with E-state index in [0.717, 1.165) is 47.2 Å². The molecule has 2 fully saturated rings. The summed E-state index contributed by atoms with van der Waals surface area (Å²) in [7, 11) is 0. The first-order valence-electron chi connectivity index (χ1n) is 13.7. The first-order chi connectivity index (χ1) is 19.9. The normalized spacial score (nSPS) is 18.5. The Bertz CT molecular complexity index is 1530. The Morgan fingerprint density at radius 2 is 1.85 bits per heavy atom. The van der Waals surface area contributed by atoms with Crippen molar-refractivity contribution < 1.29 is 19.4 Å². The fourth-order valence-corrected chi connectivity index (χ4v) is 6.13. The molecular formula is C29H30Cl2N6O4. The molecule has 2 atom stereocenters. The smallest absolute Gasteiger partial charge is 0.407 e. The molecule has 2 saturated heterocycles. The molecule has 2 aliphatic heterocycles. The van der Waals surface area contributed by atoms with Gasteiger partial charge in [-0.05, 0) is 56.5 Å². The maximum Gasteiger partial charge on any atom is 0.407 e. The highest BCUT2D eigenvalue weighted by atomic mass is 35.5. The first-order valence-corrected chi connectivity index (χ1v) is 14.4. The molecule has 0 aliphatic carbocycles. The van der Waals surface area contributed by atoms with E-state index in [-0.39, 0.29) is 6.23 Å². The highest BCUT2D eigenvalue weighted by Gasteiger charge is 2.24. The van der Waals surface area contributed by atoms with Crippen LogP contribution in [-0.4, -0.2) is 68.6 Å². The third-order valence-corrected chi connectivity index (χ3v) is 8.21. The summed E-state index contributed by atoms with van der Waals surface area (Å²) in [5, 5.41) is 16.1. The molecule has 214 valence electrons. The summed E-state index contributed by atoms with van der Waals surface area (Å²) < 4.78 is 14.4. The van der Waals surface area contributed by atoms with Crippen LogP contribution in [0.2, 0.25) is 10.0 Å². The Kier molecular flexibility index (Phi) is 7.88. The average Bonchev–Trinajstić information content (AvgIpc) is 3.36. The van der Waals surface area contributed by atoms with Crippen molar-refractivity contribution in [1.29, 1.82) is 0 Å². The predicted octanol–water partition coefficient (Wildman–Crippen LogP) is 6.44. The molecular weight excluding hydrogens is 567 g/mol. The Balaban J connectivity index is 1.32. The number of pyridine rings is 2. The van der Waals surface area contributed by atoms with Crippen LogP contribution in [0, 0.1) is 0 Å². The van der Waals surface area contributed by atoms with Crippen LogP contribution in [0.1, 0.15) is 44.1 Å². The van der Waals surface area contributed by atoms with E-state index in [1.165, 1.54) is 4.90 Å². The van der Waals surface area contributed by atoms with E-state index in [4.69, 9.17) is 42.8 Å². The van der Waals surface area contributed by atoms with Gasteiger partial charge >= 0.3 is 6.09 Å². The molecule has 2 unspecified atom stereocenters. The highest BCUT2D eigenvalue weighted by Crippen LogP contribution is 2.37. The number of aromatic nitrogens is 4. The number of rotatable bonds is 6. The minimum absolute atomic E-state index is 0.141. The molecule has 1 aromatic carbocycles. The fourth-order valence-electron chi connectivity index (χ4n) is 5.46. The SMILES string of the molecule is CC(Oc1ccc2c(c1)c(-c1ccc(N3CCN(C(=O)O)CC3)nc1)nn2C1CCCCO1)c1c(Cl)cncc1Cl. The molecule has 12 heteroatoms. The third kappa shape index (κ3) is 5.64. The molecule has 0 bridgehead atoms. The van der Waals surface area contributed by atoms with Gasteiger partial charge < -0.3 is 24.4 Å². The first kappa shape index (κ1) is 27.6. The van der Waals surface area contributed by atoms with Gasteiger partial charge in [-0.3, -0.25) is 4.98 Å². The number of halogens is 2. The second-order valence-corrected chi connectivity index (χ2v) is 11.0. The van der Waals surface area contributed by atoms with Crippen molar-refractivity contribution in [3.63, 3.8) is 0 Å². The Hall–Kier alpha value is -3.60. The zero-order valence-electron chi connectivity index (χ0n) is 22.5. The Labute approximate surface area is 247 Å². The molecule has 2 aliphatic rings. The number of amides is 1. The molecule has 0 radical (unpaired) electrons. The van der Waals surface area contributed by atoms with Crippen LogP contribution in [0.5, 0.6) is 5.75 Å². The van der Waals surface area contributed by atoms with Gasteiger partial charge in [0.1, 0.15) is 23.4 Å². The summed E-state index contributed by atoms with van der Waals surface area (Å²) in [6.07, 6.45) is 6.52. The molecule has 41 heavy (non-hydrogen) atoms. The number of carbonyl (C=O) groups is 1. The van der Waals surface area contributed by atoms with Gasteiger partial charge in [0.25, 0.3) is 0 Å². The zero-order chi connectivity index (χ0) is 28.5. The fraction of sp³-hybridized carbons (Fsp3) is 0.379. The largest absolute Gasteiger partial charge is 0.486 e. The number of nitrogens with zero attached hydrogens (tertiary/aromatic N) is 6. The van der Waals surface area contributed by atoms with E-state index in [2.05, 4.69) is 9.88 Å². The lowest BCUT2D eigenvalue weighted by Gasteiger charge is -2.33. The lowest BCUT2D eigenvalue weighted by Crippen LogP contribution is -2.48. The summed E-state index contributed by atoms with van der Waals surface area (Å²) in [6, 6.07) is 9.88. The zero-order valence-corrected chi connectivity index (χ0v) is 24.1. The van der Waals surface area contributed by atoms with Gasteiger partial charge in [0.2, 0.25) is 0 Å². The van der Waals surface area contributed by atoms with Crippen LogP contribution in [0.3, 0.4) is 0 Å². The second-order valence-electron chi connectivity index (χ2n) is 10.2. The van der Waals surface area contributed by atoms with Gasteiger partial charge in [0.05, 0.1) is 15.6 Å². The topological polar surface area (TPSA) is 106 Å². The number of benzene rings is 1. The van der Waals surface area contributed by atoms with Gasteiger partial charge in [0, 0.05) is 67.9 Å². The minimum atomic E-state index is -0.887. The van der Waals surface area contributed by atoms with Gasteiger partial charge in [-0.1, -0.05) is 23.2 Å². The van der Waals surface area contributed by atoms with E-state index in [1.807, 2.05) is 48.1 Å². The quantitative estimate of drug-likeness (QED) is 0.271. The van der Waals surface area contributed by atoms with Crippen LogP contribution in [-0.2, 0) is 4.74 Å². The van der Waals surface area contributed by atoms with Crippen molar-refractivity contribution in [2.45, 2.75) is 38.5 Å². The number of hydrogen-bond acceptors (Lipinski definition) is 7. The van der Waals surface area contributed by atoms with Crippen LogP contribution in [0.25, 0.3) is 22.2 Å². The van der Waals surface area contributed by atoms with E-state index in [0.29, 0.717) is 54.1 Å². The van der Waals surface area contributed by atoms with Gasteiger partial charge in [0.15, 0.2) is 6.23 Å². The Morgan fingerprint density at radius 1 is 1.07 bits per heavy atom. The number of ether oxygens (including phenoxy) is 2. The van der Waals surface area contributed by atoms with E-state index in [9.17, 15) is 9.90 Å². The number of carboxylic acid groups (broad SMARTS) is 1. The highest BCUT2D eigenvalue weighted by molar-refractivity contribution is 6.35. The van der Waals surface area contributed by atoms with Crippen molar-refractivity contribution in [1.82, 2.24) is 24.6 Å². The molecule has 5 heterocycles. The van der Waals surface area contributed by atoms with E-state index < -0.39 is 12.2 Å². The van der Waals surface area contributed by atoms with Crippen molar-refractivity contribution in [3.8, 4) is 17.0 Å². The summed E-state index contributed by atoms with van der Waals surface area (Å²) in [5.74, 6) is 1.46. The average molecular weight is 598 g/mol. The Morgan fingerprint density at radius 3 is 2.51 bits per heavy atom. The van der Waals surface area contributed by atoms with Crippen molar-refractivity contribution in [2.24, 2.45) is 0 Å². The summed E-state index contributed by atoms with van der Waals surface area (Å²) in [4.78, 5) is 23.5. The summed E-state index contributed by atoms with van der Waals surface area (Å²) >= 11 is 12.8. The number of hydrogen-bond donors (Lipinski definition) is 1. The lowest BCUT2D eigenvalue weighted by molar-refractivity contribution is -0.0365. The number of anilines is 1. The molecule has 4 aromatic rings. The monoisotopic (exact) mass is 596 g/mol. The third-order valence-electron chi connectivity index (χ3n) is 7.61. The summed E-state index contributed by atoms with van der Waals surface area (Å²) in [5.41, 5.74) is 3.27. The number of piperazine rings is 1. The maximum absolute atomic E-state index is 11.3. The van der Waals surface area contributed by atoms with Crippen LogP contribution in [0.4, 0.5) is 10.6 Å². The van der Waals surface area contributed by atoms with Crippen molar-refractivity contribution in [3.05, 3.63) is 64.5 Å². The molecule has 0 spiro atoms. The summed E-state index contributed by atoms with van der Waals surface area (Å²) in [6.45, 7) is 4.70. The molecule has 1 N–H and O–H groups in total. The van der Waals surface area contributed by atoms with Gasteiger partial charge in [-0.25, -0.2) is 14.5 Å². The molecule has 0 saturated carbocycles.